The second-order valence-corrected chi connectivity index (χ2v) is 8.24. The zero-order chi connectivity index (χ0) is 17.3. The van der Waals surface area contributed by atoms with Gasteiger partial charge in [-0.2, -0.15) is 0 Å². The number of nitrogens with zero attached hydrogens (tertiary/aromatic N) is 1. The molecule has 4 nitrogen and oxygen atoms in total. The number of halogens is 1. The highest BCUT2D eigenvalue weighted by Gasteiger charge is 2.20. The lowest BCUT2D eigenvalue weighted by atomic mass is 10.1. The van der Waals surface area contributed by atoms with Crippen molar-refractivity contribution in [3.63, 3.8) is 0 Å². The van der Waals surface area contributed by atoms with Gasteiger partial charge >= 0.3 is 0 Å². The highest BCUT2D eigenvalue weighted by molar-refractivity contribution is 7.90. The first-order valence-corrected chi connectivity index (χ1v) is 9.67. The molecule has 0 N–H and O–H groups in total. The van der Waals surface area contributed by atoms with Gasteiger partial charge in [-0.25, -0.2) is 12.8 Å². The van der Waals surface area contributed by atoms with Gasteiger partial charge in [-0.3, -0.25) is 0 Å². The van der Waals surface area contributed by atoms with E-state index in [-0.39, 0.29) is 11.0 Å². The lowest BCUT2D eigenvalue weighted by molar-refractivity contribution is 0.208. The molecule has 24 heavy (non-hydrogen) atoms. The Morgan fingerprint density at radius 2 is 1.88 bits per heavy atom. The van der Waals surface area contributed by atoms with Crippen molar-refractivity contribution in [2.75, 3.05) is 26.4 Å². The van der Waals surface area contributed by atoms with Crippen molar-refractivity contribution >= 4 is 9.84 Å². The standard InChI is InChI=1S/C18H20FNO3S/c1-20-10-9-15(12-20)23-14-5-3-13(4-6-14)17-8-7-16(11-18(17)19)24(2,21)22/h3-8,11,15H,9-10,12H2,1-2H3. The topological polar surface area (TPSA) is 46.6 Å². The number of rotatable bonds is 4. The van der Waals surface area contributed by atoms with Crippen LogP contribution in [-0.2, 0) is 9.84 Å². The summed E-state index contributed by atoms with van der Waals surface area (Å²) in [7, 11) is -1.35. The van der Waals surface area contributed by atoms with E-state index in [9.17, 15) is 12.8 Å². The van der Waals surface area contributed by atoms with Crippen LogP contribution in [0.1, 0.15) is 6.42 Å². The lowest BCUT2D eigenvalue weighted by Gasteiger charge is -2.14. The summed E-state index contributed by atoms with van der Waals surface area (Å²) in [4.78, 5) is 2.20. The molecule has 1 saturated heterocycles. The van der Waals surface area contributed by atoms with Gasteiger partial charge in [-0.1, -0.05) is 18.2 Å². The minimum absolute atomic E-state index is 0.0194. The van der Waals surface area contributed by atoms with Crippen LogP contribution in [0.4, 0.5) is 4.39 Å². The van der Waals surface area contributed by atoms with Crippen LogP contribution in [-0.4, -0.2) is 45.8 Å². The van der Waals surface area contributed by atoms with E-state index in [2.05, 4.69) is 11.9 Å². The average molecular weight is 349 g/mol. The van der Waals surface area contributed by atoms with Gasteiger partial charge in [0.25, 0.3) is 0 Å². The molecule has 0 bridgehead atoms. The first-order chi connectivity index (χ1) is 11.3. The summed E-state index contributed by atoms with van der Waals surface area (Å²) in [6.45, 7) is 1.93. The highest BCUT2D eigenvalue weighted by atomic mass is 32.2. The van der Waals surface area contributed by atoms with Crippen LogP contribution >= 0.6 is 0 Å². The molecule has 1 unspecified atom stereocenters. The van der Waals surface area contributed by atoms with Crippen LogP contribution in [0.25, 0.3) is 11.1 Å². The monoisotopic (exact) mass is 349 g/mol. The van der Waals surface area contributed by atoms with Crippen LogP contribution in [0.3, 0.4) is 0 Å². The molecule has 0 radical (unpaired) electrons. The summed E-state index contributed by atoms with van der Waals surface area (Å²) >= 11 is 0. The average Bonchev–Trinajstić information content (AvgIpc) is 2.92. The molecule has 1 aliphatic heterocycles. The summed E-state index contributed by atoms with van der Waals surface area (Å²) in [6.07, 6.45) is 2.25. The van der Waals surface area contributed by atoms with E-state index in [4.69, 9.17) is 4.74 Å². The fourth-order valence-corrected chi connectivity index (χ4v) is 3.49. The molecular formula is C18H20FNO3S. The van der Waals surface area contributed by atoms with Gasteiger partial charge in [0, 0.05) is 24.9 Å². The van der Waals surface area contributed by atoms with Crippen LogP contribution in [0.15, 0.2) is 47.4 Å². The largest absolute Gasteiger partial charge is 0.489 e. The number of hydrogen-bond acceptors (Lipinski definition) is 4. The molecule has 1 aliphatic rings. The van der Waals surface area contributed by atoms with E-state index in [0.29, 0.717) is 11.1 Å². The van der Waals surface area contributed by atoms with Gasteiger partial charge in [0.2, 0.25) is 0 Å². The van der Waals surface area contributed by atoms with Gasteiger partial charge in [-0.15, -0.1) is 0 Å². The molecular weight excluding hydrogens is 329 g/mol. The fraction of sp³-hybridized carbons (Fsp3) is 0.333. The van der Waals surface area contributed by atoms with Gasteiger partial charge < -0.3 is 9.64 Å². The van der Waals surface area contributed by atoms with Crippen molar-refractivity contribution in [2.24, 2.45) is 0 Å². The quantitative estimate of drug-likeness (QED) is 0.851. The Kier molecular flexibility index (Phi) is 4.60. The molecule has 0 spiro atoms. The summed E-state index contributed by atoms with van der Waals surface area (Å²) in [5.41, 5.74) is 1.05. The minimum atomic E-state index is -3.41. The van der Waals surface area contributed by atoms with E-state index in [0.717, 1.165) is 37.6 Å². The number of benzene rings is 2. The van der Waals surface area contributed by atoms with E-state index in [1.54, 1.807) is 12.1 Å². The third-order valence-electron chi connectivity index (χ3n) is 4.18. The zero-order valence-electron chi connectivity index (χ0n) is 13.7. The fourth-order valence-electron chi connectivity index (χ4n) is 2.86. The molecule has 0 aliphatic carbocycles. The van der Waals surface area contributed by atoms with Gasteiger partial charge in [-0.05, 0) is 43.3 Å². The first kappa shape index (κ1) is 16.9. The number of hydrogen-bond donors (Lipinski definition) is 0. The third-order valence-corrected chi connectivity index (χ3v) is 5.30. The van der Waals surface area contributed by atoms with Crippen molar-refractivity contribution in [3.05, 3.63) is 48.3 Å². The van der Waals surface area contributed by atoms with E-state index in [1.807, 2.05) is 12.1 Å². The molecule has 1 atom stereocenters. The third kappa shape index (κ3) is 3.76. The number of likely N-dealkylation sites (N-methyl/N-ethyl adjacent to an activating group) is 1. The lowest BCUT2D eigenvalue weighted by Crippen LogP contribution is -2.21. The first-order valence-electron chi connectivity index (χ1n) is 7.78. The van der Waals surface area contributed by atoms with Gasteiger partial charge in [0.1, 0.15) is 17.7 Å². The SMILES string of the molecule is CN1CCC(Oc2ccc(-c3ccc(S(C)(=O)=O)cc3F)cc2)C1. The van der Waals surface area contributed by atoms with Crippen LogP contribution < -0.4 is 4.74 Å². The Balaban J connectivity index is 1.78. The second-order valence-electron chi connectivity index (χ2n) is 6.23. The Hall–Kier alpha value is -1.92. The second kappa shape index (κ2) is 6.53. The molecule has 1 heterocycles. The summed E-state index contributed by atoms with van der Waals surface area (Å²) in [6, 6.07) is 11.2. The van der Waals surface area contributed by atoms with Crippen LogP contribution in [0.5, 0.6) is 5.75 Å². The molecule has 1 fully saturated rings. The van der Waals surface area contributed by atoms with Gasteiger partial charge in [0.15, 0.2) is 9.84 Å². The molecule has 3 rings (SSSR count). The van der Waals surface area contributed by atoms with Crippen LogP contribution in [0, 0.1) is 5.82 Å². The maximum atomic E-state index is 14.2. The predicted octanol–water partition coefficient (Wildman–Crippen LogP) is 2.98. The highest BCUT2D eigenvalue weighted by Crippen LogP contribution is 2.27. The zero-order valence-corrected chi connectivity index (χ0v) is 14.5. The Morgan fingerprint density at radius 3 is 2.42 bits per heavy atom. The van der Waals surface area contributed by atoms with Crippen molar-refractivity contribution in [1.29, 1.82) is 0 Å². The molecule has 0 aromatic heterocycles. The van der Waals surface area contributed by atoms with Crippen molar-refractivity contribution in [2.45, 2.75) is 17.4 Å². The van der Waals surface area contributed by atoms with E-state index in [1.165, 1.54) is 12.1 Å². The van der Waals surface area contributed by atoms with Crippen molar-refractivity contribution < 1.29 is 17.5 Å². The van der Waals surface area contributed by atoms with Crippen molar-refractivity contribution in [1.82, 2.24) is 4.90 Å². The molecule has 128 valence electrons. The smallest absolute Gasteiger partial charge is 0.175 e. The summed E-state index contributed by atoms with van der Waals surface area (Å²) in [5, 5.41) is 0. The number of sulfone groups is 1. The summed E-state index contributed by atoms with van der Waals surface area (Å²) in [5.74, 6) is 0.205. The Bertz CT molecular complexity index is 834. The number of likely N-dealkylation sites (tertiary alicyclic amines) is 1. The molecule has 0 saturated carbocycles. The molecule has 2 aromatic carbocycles. The maximum Gasteiger partial charge on any atom is 0.175 e. The summed E-state index contributed by atoms with van der Waals surface area (Å²) < 4.78 is 43.1. The van der Waals surface area contributed by atoms with Gasteiger partial charge in [0.05, 0.1) is 4.90 Å². The minimum Gasteiger partial charge on any atom is -0.489 e. The molecule has 6 heteroatoms. The molecule has 2 aromatic rings. The number of ether oxygens (including phenoxy) is 1. The normalized spacial score (nSPS) is 18.7. The Labute approximate surface area is 141 Å². The molecule has 0 amide bonds. The van der Waals surface area contributed by atoms with Crippen LogP contribution in [0.2, 0.25) is 0 Å². The van der Waals surface area contributed by atoms with E-state index >= 15 is 0 Å². The maximum absolute atomic E-state index is 14.2. The van der Waals surface area contributed by atoms with E-state index < -0.39 is 15.7 Å². The van der Waals surface area contributed by atoms with Crippen molar-refractivity contribution in [3.8, 4) is 16.9 Å². The predicted molar refractivity (Wildman–Crippen MR) is 91.5 cm³/mol. The Morgan fingerprint density at radius 1 is 1.17 bits per heavy atom.